The summed E-state index contributed by atoms with van der Waals surface area (Å²) in [4.78, 5) is 31.6. The summed E-state index contributed by atoms with van der Waals surface area (Å²) in [6, 6.07) is 12.7. The van der Waals surface area contributed by atoms with Gasteiger partial charge in [0.05, 0.1) is 23.3 Å². The normalized spacial score (nSPS) is 11.9. The van der Waals surface area contributed by atoms with Gasteiger partial charge in [0.25, 0.3) is 0 Å². The first-order valence-corrected chi connectivity index (χ1v) is 14.8. The SMILES string of the molecule is CN(C)CCNc1cc(F)cc(-c2nccc3[nH]c(-c4n[nH]c5ncc(-c6cncc(NC(=O)CC(C)(C)C)c6)cc45)cc23)c1. The van der Waals surface area contributed by atoms with Gasteiger partial charge in [0.2, 0.25) is 5.91 Å². The van der Waals surface area contributed by atoms with Crippen molar-refractivity contribution >= 4 is 39.2 Å². The number of hydrogen-bond acceptors (Lipinski definition) is 7. The second-order valence-corrected chi connectivity index (χ2v) is 12.7. The molecule has 0 radical (unpaired) electrons. The number of halogens is 1. The smallest absolute Gasteiger partial charge is 0.224 e. The molecule has 1 aromatic carbocycles. The molecule has 45 heavy (non-hydrogen) atoms. The molecule has 10 nitrogen and oxygen atoms in total. The summed E-state index contributed by atoms with van der Waals surface area (Å²) in [6.07, 6.45) is 7.25. The van der Waals surface area contributed by atoms with Gasteiger partial charge < -0.3 is 20.5 Å². The highest BCUT2D eigenvalue weighted by molar-refractivity contribution is 6.00. The Balaban J connectivity index is 1.33. The van der Waals surface area contributed by atoms with E-state index in [1.807, 2.05) is 65.2 Å². The zero-order valence-electron chi connectivity index (χ0n) is 26.0. The molecule has 1 amide bonds. The Hall–Kier alpha value is -5.16. The van der Waals surface area contributed by atoms with Gasteiger partial charge in [-0.3, -0.25) is 19.9 Å². The van der Waals surface area contributed by atoms with Gasteiger partial charge >= 0.3 is 0 Å². The Kier molecular flexibility index (Phi) is 8.03. The fraction of sp³-hybridized carbons (Fsp3) is 0.265. The number of aromatic amines is 2. The van der Waals surface area contributed by atoms with E-state index in [1.165, 1.54) is 12.1 Å². The number of nitrogens with zero attached hydrogens (tertiary/aromatic N) is 5. The lowest BCUT2D eigenvalue weighted by Crippen LogP contribution is -2.20. The van der Waals surface area contributed by atoms with Crippen molar-refractivity contribution in [2.45, 2.75) is 27.2 Å². The summed E-state index contributed by atoms with van der Waals surface area (Å²) in [6.45, 7) is 7.59. The molecule has 11 heteroatoms. The molecule has 0 saturated heterocycles. The number of likely N-dealkylation sites (N-methyl/N-ethyl adjacent to an activating group) is 1. The second-order valence-electron chi connectivity index (χ2n) is 12.7. The Morgan fingerprint density at radius 1 is 0.911 bits per heavy atom. The van der Waals surface area contributed by atoms with Crippen LogP contribution >= 0.6 is 0 Å². The lowest BCUT2D eigenvalue weighted by Gasteiger charge is -2.17. The molecular formula is C34H36FN9O. The fourth-order valence-electron chi connectivity index (χ4n) is 5.28. The lowest BCUT2D eigenvalue weighted by molar-refractivity contribution is -0.117. The van der Waals surface area contributed by atoms with Crippen LogP contribution in [0.25, 0.3) is 55.7 Å². The van der Waals surface area contributed by atoms with Gasteiger partial charge in [0, 0.05) is 76.8 Å². The second kappa shape index (κ2) is 12.1. The molecule has 0 atom stereocenters. The zero-order valence-corrected chi connectivity index (χ0v) is 26.0. The van der Waals surface area contributed by atoms with Crippen LogP contribution in [0.15, 0.2) is 67.3 Å². The minimum absolute atomic E-state index is 0.0603. The molecule has 4 N–H and O–H groups in total. The molecule has 6 aromatic rings. The number of H-pyrrole nitrogens is 2. The van der Waals surface area contributed by atoms with Crippen molar-refractivity contribution in [2.24, 2.45) is 5.41 Å². The van der Waals surface area contributed by atoms with Crippen molar-refractivity contribution in [1.82, 2.24) is 35.0 Å². The highest BCUT2D eigenvalue weighted by Gasteiger charge is 2.18. The molecule has 5 heterocycles. The van der Waals surface area contributed by atoms with Crippen LogP contribution in [0.5, 0.6) is 0 Å². The highest BCUT2D eigenvalue weighted by Crippen LogP contribution is 2.35. The van der Waals surface area contributed by atoms with Crippen molar-refractivity contribution in [3.63, 3.8) is 0 Å². The summed E-state index contributed by atoms with van der Waals surface area (Å²) in [5.74, 6) is -0.395. The number of anilines is 2. The van der Waals surface area contributed by atoms with E-state index in [1.54, 1.807) is 24.8 Å². The summed E-state index contributed by atoms with van der Waals surface area (Å²) < 4.78 is 14.7. The minimum atomic E-state index is -0.335. The number of carbonyl (C=O) groups excluding carboxylic acids is 1. The molecule has 0 unspecified atom stereocenters. The maximum absolute atomic E-state index is 14.7. The maximum atomic E-state index is 14.7. The minimum Gasteiger partial charge on any atom is -0.384 e. The third kappa shape index (κ3) is 6.83. The summed E-state index contributed by atoms with van der Waals surface area (Å²) in [5.41, 5.74) is 7.13. The fourth-order valence-corrected chi connectivity index (χ4v) is 5.28. The number of amides is 1. The van der Waals surface area contributed by atoms with Crippen LogP contribution in [-0.4, -0.2) is 68.1 Å². The molecular weight excluding hydrogens is 569 g/mol. The molecule has 0 saturated carbocycles. The van der Waals surface area contributed by atoms with Gasteiger partial charge in [-0.1, -0.05) is 20.8 Å². The Labute approximate surface area is 260 Å². The van der Waals surface area contributed by atoms with Gasteiger partial charge in [-0.25, -0.2) is 9.37 Å². The maximum Gasteiger partial charge on any atom is 0.224 e. The molecule has 0 bridgehead atoms. The molecule has 0 spiro atoms. The standard InChI is InChI=1S/C34H36FN9O/c1-34(2,3)16-30(45)40-25-12-21(17-36-19-25)22-13-27-32(42-43-33(27)39-18-22)29-15-26-28(41-29)6-7-38-31(26)20-10-23(35)14-24(11-20)37-8-9-44(4)5/h6-7,10-15,17-19,37,41H,8-9,16H2,1-5H3,(H,40,45)(H,39,42,43). The van der Waals surface area contributed by atoms with Crippen molar-refractivity contribution in [3.05, 3.63) is 73.1 Å². The van der Waals surface area contributed by atoms with E-state index in [-0.39, 0.29) is 17.1 Å². The summed E-state index contributed by atoms with van der Waals surface area (Å²) >= 11 is 0. The predicted octanol–water partition coefficient (Wildman–Crippen LogP) is 6.72. The highest BCUT2D eigenvalue weighted by atomic mass is 19.1. The van der Waals surface area contributed by atoms with E-state index in [0.717, 1.165) is 39.7 Å². The van der Waals surface area contributed by atoms with Crippen LogP contribution in [0.1, 0.15) is 27.2 Å². The van der Waals surface area contributed by atoms with Gasteiger partial charge in [-0.05, 0) is 62.0 Å². The van der Waals surface area contributed by atoms with Gasteiger partial charge in [0.1, 0.15) is 11.5 Å². The Bertz CT molecular complexity index is 2000. The van der Waals surface area contributed by atoms with Crippen molar-refractivity contribution in [2.75, 3.05) is 37.8 Å². The van der Waals surface area contributed by atoms with Gasteiger partial charge in [-0.2, -0.15) is 5.10 Å². The quantitative estimate of drug-likeness (QED) is 0.144. The van der Waals surface area contributed by atoms with Crippen LogP contribution in [0.3, 0.4) is 0 Å². The molecule has 0 fully saturated rings. The number of fused-ring (bicyclic) bond motifs is 2. The van der Waals surface area contributed by atoms with Crippen LogP contribution in [-0.2, 0) is 4.79 Å². The average molecular weight is 606 g/mol. The van der Waals surface area contributed by atoms with Crippen molar-refractivity contribution < 1.29 is 9.18 Å². The van der Waals surface area contributed by atoms with E-state index >= 15 is 0 Å². The number of benzene rings is 1. The average Bonchev–Trinajstić information content (AvgIpc) is 3.59. The number of rotatable bonds is 9. The van der Waals surface area contributed by atoms with Gasteiger partial charge in [0.15, 0.2) is 5.65 Å². The van der Waals surface area contributed by atoms with E-state index in [2.05, 4.69) is 45.7 Å². The molecule has 0 aliphatic carbocycles. The van der Waals surface area contributed by atoms with E-state index < -0.39 is 0 Å². The van der Waals surface area contributed by atoms with Crippen LogP contribution in [0, 0.1) is 11.2 Å². The van der Waals surface area contributed by atoms with Gasteiger partial charge in [-0.15, -0.1) is 0 Å². The number of aromatic nitrogens is 6. The molecule has 6 rings (SSSR count). The summed E-state index contributed by atoms with van der Waals surface area (Å²) in [5, 5.41) is 15.5. The predicted molar refractivity (Wildman–Crippen MR) is 177 cm³/mol. The van der Waals surface area contributed by atoms with E-state index in [4.69, 9.17) is 0 Å². The van der Waals surface area contributed by atoms with E-state index in [0.29, 0.717) is 46.9 Å². The van der Waals surface area contributed by atoms with Crippen molar-refractivity contribution in [1.29, 1.82) is 0 Å². The van der Waals surface area contributed by atoms with Crippen molar-refractivity contribution in [3.8, 4) is 33.8 Å². The lowest BCUT2D eigenvalue weighted by atomic mass is 9.92. The third-order valence-electron chi connectivity index (χ3n) is 7.33. The first-order valence-electron chi connectivity index (χ1n) is 14.8. The molecule has 5 aromatic heterocycles. The number of pyridine rings is 3. The van der Waals surface area contributed by atoms with Crippen LogP contribution in [0.4, 0.5) is 15.8 Å². The molecule has 230 valence electrons. The first-order chi connectivity index (χ1) is 21.5. The number of nitrogens with one attached hydrogen (secondary N) is 4. The van der Waals surface area contributed by atoms with E-state index in [9.17, 15) is 9.18 Å². The number of hydrogen-bond donors (Lipinski definition) is 4. The molecule has 0 aliphatic heterocycles. The monoisotopic (exact) mass is 605 g/mol. The summed E-state index contributed by atoms with van der Waals surface area (Å²) in [7, 11) is 4.00. The van der Waals surface area contributed by atoms with Crippen LogP contribution in [0.2, 0.25) is 0 Å². The number of carbonyl (C=O) groups is 1. The first kappa shape index (κ1) is 29.9. The Morgan fingerprint density at radius 2 is 1.71 bits per heavy atom. The third-order valence-corrected chi connectivity index (χ3v) is 7.33. The zero-order chi connectivity index (χ0) is 31.7. The Morgan fingerprint density at radius 3 is 2.51 bits per heavy atom. The topological polar surface area (TPSA) is 128 Å². The molecule has 0 aliphatic rings. The van der Waals surface area contributed by atoms with Crippen LogP contribution < -0.4 is 10.6 Å². The largest absolute Gasteiger partial charge is 0.384 e.